The Labute approximate surface area is 202 Å². The molecule has 0 fully saturated rings. The van der Waals surface area contributed by atoms with Crippen LogP contribution < -0.4 is 5.32 Å². The van der Waals surface area contributed by atoms with Gasteiger partial charge in [0.2, 0.25) is 0 Å². The second kappa shape index (κ2) is 9.08. The molecule has 6 nitrogen and oxygen atoms in total. The van der Waals surface area contributed by atoms with Crippen molar-refractivity contribution in [3.8, 4) is 11.4 Å². The Bertz CT molecular complexity index is 1490. The van der Waals surface area contributed by atoms with Crippen molar-refractivity contribution >= 4 is 34.2 Å². The minimum Gasteiger partial charge on any atom is -0.305 e. The van der Waals surface area contributed by atoms with E-state index < -0.39 is 0 Å². The molecule has 5 aromatic rings. The Kier molecular flexibility index (Phi) is 5.82. The highest BCUT2D eigenvalue weighted by Gasteiger charge is 2.17. The van der Waals surface area contributed by atoms with Crippen molar-refractivity contribution in [1.82, 2.24) is 19.7 Å². The van der Waals surface area contributed by atoms with Crippen molar-refractivity contribution in [3.05, 3.63) is 106 Å². The predicted molar refractivity (Wildman–Crippen MR) is 135 cm³/mol. The van der Waals surface area contributed by atoms with Gasteiger partial charge in [0.1, 0.15) is 0 Å². The van der Waals surface area contributed by atoms with E-state index in [-0.39, 0.29) is 5.91 Å². The first-order valence-corrected chi connectivity index (χ1v) is 11.3. The van der Waals surface area contributed by atoms with Crippen LogP contribution in [0.2, 0.25) is 5.02 Å². The second-order valence-corrected chi connectivity index (χ2v) is 8.59. The van der Waals surface area contributed by atoms with Gasteiger partial charge in [0.05, 0.1) is 29.0 Å². The fourth-order valence-corrected chi connectivity index (χ4v) is 3.97. The number of anilines is 1. The lowest BCUT2D eigenvalue weighted by atomic mass is 10.00. The number of hydrogen-bond acceptors (Lipinski definition) is 4. The Morgan fingerprint density at radius 1 is 1.00 bits per heavy atom. The van der Waals surface area contributed by atoms with E-state index in [0.717, 1.165) is 27.6 Å². The number of hydrogen-bond donors (Lipinski definition) is 1. The number of carbonyl (C=O) groups excluding carboxylic acids is 1. The molecule has 0 spiro atoms. The second-order valence-electron chi connectivity index (χ2n) is 8.15. The Hall–Kier alpha value is -4.03. The van der Waals surface area contributed by atoms with Crippen LogP contribution in [0.15, 0.2) is 79.1 Å². The molecule has 1 N–H and O–H groups in total. The Morgan fingerprint density at radius 3 is 2.59 bits per heavy atom. The highest BCUT2D eigenvalue weighted by molar-refractivity contribution is 6.30. The van der Waals surface area contributed by atoms with Crippen LogP contribution in [0.4, 0.5) is 5.82 Å². The number of nitrogens with zero attached hydrogens (tertiary/aromatic N) is 4. The fraction of sp³-hybridized carbons (Fsp3) is 0.111. The molecule has 0 radical (unpaired) electrons. The molecule has 0 bridgehead atoms. The van der Waals surface area contributed by atoms with Gasteiger partial charge in [-0.3, -0.25) is 14.5 Å². The van der Waals surface area contributed by atoms with Gasteiger partial charge in [-0.15, -0.1) is 0 Å². The molecule has 0 atom stereocenters. The smallest absolute Gasteiger partial charge is 0.257 e. The maximum Gasteiger partial charge on any atom is 0.257 e. The van der Waals surface area contributed by atoms with Gasteiger partial charge in [-0.25, -0.2) is 4.98 Å². The number of fused-ring (bicyclic) bond motifs is 1. The number of nitrogens with one attached hydrogen (secondary N) is 1. The standard InChI is InChI=1S/C27H22ClN5O/c1-17-6-11-21-22(15-24(30-26(21)18(17)2)23-5-3-4-13-29-23)27(34)31-25-12-14-33(32-25)16-19-7-9-20(28)10-8-19/h3-15H,16H2,1-2H3,(H,31,32,34). The van der Waals surface area contributed by atoms with Crippen molar-refractivity contribution in [2.45, 2.75) is 20.4 Å². The summed E-state index contributed by atoms with van der Waals surface area (Å²) in [6, 6.07) is 20.8. The molecule has 0 aliphatic carbocycles. The molecule has 0 aliphatic heterocycles. The minimum absolute atomic E-state index is 0.246. The van der Waals surface area contributed by atoms with Gasteiger partial charge in [-0.05, 0) is 60.9 Å². The van der Waals surface area contributed by atoms with Gasteiger partial charge in [-0.1, -0.05) is 41.9 Å². The Morgan fingerprint density at radius 2 is 1.82 bits per heavy atom. The van der Waals surface area contributed by atoms with Gasteiger partial charge in [0.15, 0.2) is 5.82 Å². The average molecular weight is 468 g/mol. The summed E-state index contributed by atoms with van der Waals surface area (Å²) in [6.07, 6.45) is 3.55. The molecular weight excluding hydrogens is 446 g/mol. The first-order chi connectivity index (χ1) is 16.5. The summed E-state index contributed by atoms with van der Waals surface area (Å²) >= 11 is 5.97. The zero-order valence-electron chi connectivity index (χ0n) is 18.8. The van der Waals surface area contributed by atoms with E-state index in [1.165, 1.54) is 0 Å². The average Bonchev–Trinajstić information content (AvgIpc) is 3.29. The monoisotopic (exact) mass is 467 g/mol. The van der Waals surface area contributed by atoms with Crippen LogP contribution in [0.25, 0.3) is 22.3 Å². The van der Waals surface area contributed by atoms with Crippen LogP contribution in [-0.2, 0) is 6.54 Å². The largest absolute Gasteiger partial charge is 0.305 e. The molecule has 0 saturated heterocycles. The molecule has 3 heterocycles. The maximum atomic E-state index is 13.4. The molecular formula is C27H22ClN5O. The Balaban J connectivity index is 1.48. The zero-order chi connectivity index (χ0) is 23.7. The molecule has 5 rings (SSSR count). The van der Waals surface area contributed by atoms with E-state index >= 15 is 0 Å². The van der Waals surface area contributed by atoms with Gasteiger partial charge in [0.25, 0.3) is 5.91 Å². The van der Waals surface area contributed by atoms with Crippen LogP contribution in [0.5, 0.6) is 0 Å². The molecule has 7 heteroatoms. The summed E-state index contributed by atoms with van der Waals surface area (Å²) in [7, 11) is 0. The van der Waals surface area contributed by atoms with E-state index in [1.54, 1.807) is 23.0 Å². The predicted octanol–water partition coefficient (Wildman–Crippen LogP) is 6.06. The number of pyridine rings is 2. The third-order valence-corrected chi connectivity index (χ3v) is 6.07. The molecule has 0 unspecified atom stereocenters. The molecule has 0 saturated carbocycles. The topological polar surface area (TPSA) is 72.7 Å². The quantitative estimate of drug-likeness (QED) is 0.340. The summed E-state index contributed by atoms with van der Waals surface area (Å²) < 4.78 is 1.77. The highest BCUT2D eigenvalue weighted by Crippen LogP contribution is 2.28. The number of aromatic nitrogens is 4. The number of aryl methyl sites for hydroxylation is 2. The normalized spacial score (nSPS) is 11.0. The van der Waals surface area contributed by atoms with E-state index in [9.17, 15) is 4.79 Å². The summed E-state index contributed by atoms with van der Waals surface area (Å²) in [6.45, 7) is 4.64. The van der Waals surface area contributed by atoms with Crippen molar-refractivity contribution in [2.24, 2.45) is 0 Å². The van der Waals surface area contributed by atoms with E-state index in [1.807, 2.05) is 74.6 Å². The lowest BCUT2D eigenvalue weighted by molar-refractivity contribution is 0.102. The van der Waals surface area contributed by atoms with E-state index in [0.29, 0.717) is 34.3 Å². The van der Waals surface area contributed by atoms with Crippen LogP contribution in [-0.4, -0.2) is 25.7 Å². The SMILES string of the molecule is Cc1ccc2c(C(=O)Nc3ccn(Cc4ccc(Cl)cc4)n3)cc(-c3ccccn3)nc2c1C. The molecule has 34 heavy (non-hydrogen) atoms. The van der Waals surface area contributed by atoms with Crippen LogP contribution in [0, 0.1) is 13.8 Å². The number of carbonyl (C=O) groups is 1. The molecule has 0 aliphatic rings. The highest BCUT2D eigenvalue weighted by atomic mass is 35.5. The lowest BCUT2D eigenvalue weighted by Crippen LogP contribution is -2.14. The summed E-state index contributed by atoms with van der Waals surface area (Å²) in [4.78, 5) is 22.7. The van der Waals surface area contributed by atoms with Crippen molar-refractivity contribution in [2.75, 3.05) is 5.32 Å². The first-order valence-electron chi connectivity index (χ1n) is 10.9. The van der Waals surface area contributed by atoms with Crippen LogP contribution >= 0.6 is 11.6 Å². The molecule has 168 valence electrons. The number of benzene rings is 2. The van der Waals surface area contributed by atoms with Gasteiger partial charge in [-0.2, -0.15) is 5.10 Å². The van der Waals surface area contributed by atoms with E-state index in [2.05, 4.69) is 15.4 Å². The molecule has 2 aromatic carbocycles. The summed E-state index contributed by atoms with van der Waals surface area (Å²) in [5, 5.41) is 8.93. The van der Waals surface area contributed by atoms with E-state index in [4.69, 9.17) is 16.6 Å². The molecule has 3 aromatic heterocycles. The summed E-state index contributed by atoms with van der Waals surface area (Å²) in [5.74, 6) is 0.233. The number of rotatable bonds is 5. The summed E-state index contributed by atoms with van der Waals surface area (Å²) in [5.41, 5.74) is 5.91. The molecule has 1 amide bonds. The van der Waals surface area contributed by atoms with Gasteiger partial charge in [0, 0.05) is 28.9 Å². The van der Waals surface area contributed by atoms with Crippen molar-refractivity contribution < 1.29 is 4.79 Å². The fourth-order valence-electron chi connectivity index (χ4n) is 3.84. The first kappa shape index (κ1) is 21.8. The third kappa shape index (κ3) is 4.40. The van der Waals surface area contributed by atoms with Gasteiger partial charge >= 0.3 is 0 Å². The third-order valence-electron chi connectivity index (χ3n) is 5.82. The lowest BCUT2D eigenvalue weighted by Gasteiger charge is -2.12. The van der Waals surface area contributed by atoms with Gasteiger partial charge < -0.3 is 5.32 Å². The maximum absolute atomic E-state index is 13.4. The van der Waals surface area contributed by atoms with Crippen molar-refractivity contribution in [1.29, 1.82) is 0 Å². The van der Waals surface area contributed by atoms with Crippen LogP contribution in [0.1, 0.15) is 27.0 Å². The number of amides is 1. The van der Waals surface area contributed by atoms with Crippen LogP contribution in [0.3, 0.4) is 0 Å². The zero-order valence-corrected chi connectivity index (χ0v) is 19.5. The minimum atomic E-state index is -0.246. The number of halogens is 1. The van der Waals surface area contributed by atoms with Crippen molar-refractivity contribution in [3.63, 3.8) is 0 Å².